The third-order valence-electron chi connectivity index (χ3n) is 5.18. The molecule has 0 aliphatic carbocycles. The van der Waals surface area contributed by atoms with Gasteiger partial charge in [0.05, 0.1) is 11.6 Å². The van der Waals surface area contributed by atoms with E-state index in [1.807, 2.05) is 60.7 Å². The van der Waals surface area contributed by atoms with Crippen molar-refractivity contribution in [2.24, 2.45) is 0 Å². The molecule has 0 aliphatic rings. The third kappa shape index (κ3) is 4.59. The fourth-order valence-corrected chi connectivity index (χ4v) is 3.56. The SMILES string of the molecule is CC(OC(=O)c1cc(=O)[nH]c2ccccc12)C(=O)NC(c1ccccc1)c1ccccc1. The first-order valence-corrected chi connectivity index (χ1v) is 10.3. The quantitative estimate of drug-likeness (QED) is 0.457. The molecule has 6 nitrogen and oxygen atoms in total. The van der Waals surface area contributed by atoms with Gasteiger partial charge in [-0.2, -0.15) is 0 Å². The maximum absolute atomic E-state index is 12.9. The van der Waals surface area contributed by atoms with Crippen LogP contribution < -0.4 is 10.9 Å². The molecule has 0 spiro atoms. The number of aromatic nitrogens is 1. The Kier molecular flexibility index (Phi) is 6.12. The van der Waals surface area contributed by atoms with Crippen molar-refractivity contribution in [3.63, 3.8) is 0 Å². The summed E-state index contributed by atoms with van der Waals surface area (Å²) in [7, 11) is 0. The van der Waals surface area contributed by atoms with Crippen molar-refractivity contribution in [3.05, 3.63) is 118 Å². The highest BCUT2D eigenvalue weighted by Gasteiger charge is 2.24. The molecular weight excluding hydrogens is 404 g/mol. The molecule has 0 aliphatic heterocycles. The molecule has 1 atom stereocenters. The molecule has 0 bridgehead atoms. The minimum Gasteiger partial charge on any atom is -0.449 e. The van der Waals surface area contributed by atoms with Crippen molar-refractivity contribution in [1.29, 1.82) is 0 Å². The van der Waals surface area contributed by atoms with Crippen LogP contribution in [0.2, 0.25) is 0 Å². The summed E-state index contributed by atoms with van der Waals surface area (Å²) in [5.41, 5.74) is 2.04. The number of H-pyrrole nitrogens is 1. The van der Waals surface area contributed by atoms with E-state index < -0.39 is 29.6 Å². The predicted octanol–water partition coefficient (Wildman–Crippen LogP) is 3.98. The van der Waals surface area contributed by atoms with Crippen molar-refractivity contribution < 1.29 is 14.3 Å². The fourth-order valence-electron chi connectivity index (χ4n) is 3.56. The molecule has 1 heterocycles. The summed E-state index contributed by atoms with van der Waals surface area (Å²) >= 11 is 0. The van der Waals surface area contributed by atoms with Gasteiger partial charge in [0.1, 0.15) is 0 Å². The van der Waals surface area contributed by atoms with E-state index in [9.17, 15) is 14.4 Å². The minimum atomic E-state index is -1.06. The van der Waals surface area contributed by atoms with Gasteiger partial charge in [-0.25, -0.2) is 4.79 Å². The van der Waals surface area contributed by atoms with Gasteiger partial charge in [-0.05, 0) is 24.1 Å². The smallest absolute Gasteiger partial charge is 0.339 e. The number of pyridine rings is 1. The highest BCUT2D eigenvalue weighted by Crippen LogP contribution is 2.22. The lowest BCUT2D eigenvalue weighted by Crippen LogP contribution is -2.38. The van der Waals surface area contributed by atoms with E-state index in [-0.39, 0.29) is 5.56 Å². The second-order valence-electron chi connectivity index (χ2n) is 7.40. The summed E-state index contributed by atoms with van der Waals surface area (Å²) < 4.78 is 5.43. The number of carbonyl (C=O) groups is 2. The van der Waals surface area contributed by atoms with Crippen LogP contribution in [0.1, 0.15) is 34.5 Å². The van der Waals surface area contributed by atoms with Gasteiger partial charge < -0.3 is 15.0 Å². The van der Waals surface area contributed by atoms with Crippen LogP contribution in [-0.4, -0.2) is 23.0 Å². The van der Waals surface area contributed by atoms with Gasteiger partial charge in [-0.3, -0.25) is 9.59 Å². The van der Waals surface area contributed by atoms with Crippen molar-refractivity contribution in [2.75, 3.05) is 0 Å². The zero-order valence-electron chi connectivity index (χ0n) is 17.4. The number of para-hydroxylation sites is 1. The van der Waals surface area contributed by atoms with Crippen LogP contribution in [0.4, 0.5) is 0 Å². The van der Waals surface area contributed by atoms with Crippen LogP contribution in [0.5, 0.6) is 0 Å². The zero-order chi connectivity index (χ0) is 22.5. The summed E-state index contributed by atoms with van der Waals surface area (Å²) in [6, 6.07) is 26.9. The average molecular weight is 426 g/mol. The zero-order valence-corrected chi connectivity index (χ0v) is 17.4. The molecule has 4 rings (SSSR count). The van der Waals surface area contributed by atoms with Crippen LogP contribution in [0, 0.1) is 0 Å². The molecule has 0 fully saturated rings. The molecule has 4 aromatic rings. The van der Waals surface area contributed by atoms with Crippen molar-refractivity contribution in [3.8, 4) is 0 Å². The molecule has 32 heavy (non-hydrogen) atoms. The number of hydrogen-bond acceptors (Lipinski definition) is 4. The Hall–Kier alpha value is -4.19. The molecule has 160 valence electrons. The summed E-state index contributed by atoms with van der Waals surface area (Å²) in [5.74, 6) is -1.17. The Morgan fingerprint density at radius 3 is 2.03 bits per heavy atom. The van der Waals surface area contributed by atoms with Gasteiger partial charge in [0.15, 0.2) is 6.10 Å². The summed E-state index contributed by atoms with van der Waals surface area (Å²) in [6.07, 6.45) is -1.06. The van der Waals surface area contributed by atoms with Gasteiger partial charge in [0, 0.05) is 17.0 Å². The Bertz CT molecular complexity index is 1260. The minimum absolute atomic E-state index is 0.117. The lowest BCUT2D eigenvalue weighted by Gasteiger charge is -2.22. The van der Waals surface area contributed by atoms with Gasteiger partial charge in [0.25, 0.3) is 5.91 Å². The number of benzene rings is 3. The van der Waals surface area contributed by atoms with Crippen LogP contribution in [-0.2, 0) is 9.53 Å². The maximum Gasteiger partial charge on any atom is 0.339 e. The molecule has 6 heteroatoms. The van der Waals surface area contributed by atoms with Gasteiger partial charge >= 0.3 is 5.97 Å². The number of carbonyl (C=O) groups excluding carboxylic acids is 2. The van der Waals surface area contributed by atoms with Crippen molar-refractivity contribution in [1.82, 2.24) is 10.3 Å². The Labute approximate surface area is 184 Å². The highest BCUT2D eigenvalue weighted by atomic mass is 16.5. The molecule has 0 saturated carbocycles. The first-order valence-electron chi connectivity index (χ1n) is 10.3. The number of fused-ring (bicyclic) bond motifs is 1. The number of esters is 1. The van der Waals surface area contributed by atoms with Gasteiger partial charge in [-0.1, -0.05) is 78.9 Å². The largest absolute Gasteiger partial charge is 0.449 e. The van der Waals surface area contributed by atoms with Crippen molar-refractivity contribution >= 4 is 22.8 Å². The Morgan fingerprint density at radius 2 is 1.41 bits per heavy atom. The molecule has 2 N–H and O–H groups in total. The Morgan fingerprint density at radius 1 is 0.844 bits per heavy atom. The molecule has 0 radical (unpaired) electrons. The number of rotatable bonds is 6. The molecule has 3 aromatic carbocycles. The maximum atomic E-state index is 12.9. The lowest BCUT2D eigenvalue weighted by atomic mass is 9.98. The van der Waals surface area contributed by atoms with Crippen LogP contribution in [0.3, 0.4) is 0 Å². The topological polar surface area (TPSA) is 88.3 Å². The summed E-state index contributed by atoms with van der Waals surface area (Å²) in [5, 5.41) is 3.52. The number of aromatic amines is 1. The number of hydrogen-bond donors (Lipinski definition) is 2. The predicted molar refractivity (Wildman–Crippen MR) is 122 cm³/mol. The average Bonchev–Trinajstić information content (AvgIpc) is 2.82. The standard InChI is InChI=1S/C26H22N2O4/c1-17(32-26(31)21-16-23(29)27-22-15-9-8-14-20(21)22)25(30)28-24(18-10-4-2-5-11-18)19-12-6-3-7-13-19/h2-17,24H,1H3,(H,27,29)(H,28,30). The van der Waals surface area contributed by atoms with Gasteiger partial charge in [-0.15, -0.1) is 0 Å². The van der Waals surface area contributed by atoms with Crippen LogP contribution in [0.25, 0.3) is 10.9 Å². The molecular formula is C26H22N2O4. The highest BCUT2D eigenvalue weighted by molar-refractivity contribution is 6.04. The number of amides is 1. The Balaban J connectivity index is 1.54. The van der Waals surface area contributed by atoms with E-state index >= 15 is 0 Å². The lowest BCUT2D eigenvalue weighted by molar-refractivity contribution is -0.129. The number of nitrogens with one attached hydrogen (secondary N) is 2. The van der Waals surface area contributed by atoms with E-state index in [1.54, 1.807) is 24.3 Å². The second-order valence-corrected chi connectivity index (χ2v) is 7.40. The van der Waals surface area contributed by atoms with E-state index in [2.05, 4.69) is 10.3 Å². The van der Waals surface area contributed by atoms with Crippen molar-refractivity contribution in [2.45, 2.75) is 19.1 Å². The van der Waals surface area contributed by atoms with E-state index in [4.69, 9.17) is 4.74 Å². The normalized spacial score (nSPS) is 11.8. The monoisotopic (exact) mass is 426 g/mol. The first kappa shape index (κ1) is 21.1. The van der Waals surface area contributed by atoms with E-state index in [0.29, 0.717) is 10.9 Å². The second kappa shape index (κ2) is 9.31. The van der Waals surface area contributed by atoms with E-state index in [1.165, 1.54) is 13.0 Å². The van der Waals surface area contributed by atoms with Crippen LogP contribution >= 0.6 is 0 Å². The molecule has 1 amide bonds. The van der Waals surface area contributed by atoms with Crippen LogP contribution in [0.15, 0.2) is 95.8 Å². The molecule has 1 unspecified atom stereocenters. The first-order chi connectivity index (χ1) is 15.5. The molecule has 0 saturated heterocycles. The van der Waals surface area contributed by atoms with Gasteiger partial charge in [0.2, 0.25) is 5.56 Å². The third-order valence-corrected chi connectivity index (χ3v) is 5.18. The fraction of sp³-hybridized carbons (Fsp3) is 0.115. The summed E-state index contributed by atoms with van der Waals surface area (Å²) in [6.45, 7) is 1.51. The summed E-state index contributed by atoms with van der Waals surface area (Å²) in [4.78, 5) is 40.4. The molecule has 1 aromatic heterocycles. The van der Waals surface area contributed by atoms with E-state index in [0.717, 1.165) is 11.1 Å². The number of ether oxygens (including phenoxy) is 1.